The summed E-state index contributed by atoms with van der Waals surface area (Å²) in [5.41, 5.74) is -0.182. The molecule has 8 heteroatoms. The molecule has 1 aromatic rings. The summed E-state index contributed by atoms with van der Waals surface area (Å²) < 4.78 is 38.5. The second-order valence-electron chi connectivity index (χ2n) is 6.79. The second-order valence-corrected chi connectivity index (χ2v) is 6.79. The molecule has 0 spiro atoms. The summed E-state index contributed by atoms with van der Waals surface area (Å²) in [5, 5.41) is 3.19. The van der Waals surface area contributed by atoms with Crippen molar-refractivity contribution in [2.24, 2.45) is 5.92 Å². The summed E-state index contributed by atoms with van der Waals surface area (Å²) in [7, 11) is 1.61. The van der Waals surface area contributed by atoms with Crippen LogP contribution in [0.3, 0.4) is 0 Å². The quantitative estimate of drug-likeness (QED) is 0.868. The Balaban J connectivity index is 1.88. The minimum absolute atomic E-state index is 0.0317. The molecule has 3 rings (SSSR count). The van der Waals surface area contributed by atoms with Gasteiger partial charge in [0, 0.05) is 39.6 Å². The largest absolute Gasteiger partial charge is 0.416 e. The minimum atomic E-state index is -4.41. The van der Waals surface area contributed by atoms with Crippen molar-refractivity contribution in [2.75, 3.05) is 33.2 Å². The third-order valence-electron chi connectivity index (χ3n) is 5.19. The molecule has 2 fully saturated rings. The van der Waals surface area contributed by atoms with Crippen LogP contribution in [0.5, 0.6) is 0 Å². The van der Waals surface area contributed by atoms with Gasteiger partial charge in [-0.1, -0.05) is 12.1 Å². The molecule has 0 radical (unpaired) electrons. The van der Waals surface area contributed by atoms with Gasteiger partial charge in [0.05, 0.1) is 17.5 Å². The molecule has 2 amide bonds. The van der Waals surface area contributed by atoms with E-state index in [1.807, 2.05) is 0 Å². The van der Waals surface area contributed by atoms with Crippen LogP contribution < -0.4 is 5.32 Å². The van der Waals surface area contributed by atoms with Crippen LogP contribution >= 0.6 is 0 Å². The number of hydrogen-bond acceptors (Lipinski definition) is 3. The fourth-order valence-corrected chi connectivity index (χ4v) is 3.74. The number of nitrogens with one attached hydrogen (secondary N) is 1. The SMILES string of the molecule is CN1C(=O)CC[C@H](C(=O)N2CCNCC2)[C@@H]1c1ccc(C(F)(F)F)cc1. The fraction of sp³-hybridized carbons (Fsp3) is 0.556. The van der Waals surface area contributed by atoms with E-state index in [0.29, 0.717) is 25.1 Å². The number of likely N-dealkylation sites (tertiary alicyclic amines) is 1. The maximum atomic E-state index is 13.0. The Labute approximate surface area is 150 Å². The first-order valence-electron chi connectivity index (χ1n) is 8.71. The van der Waals surface area contributed by atoms with Crippen LogP contribution in [0.1, 0.15) is 30.0 Å². The number of hydrogen-bond donors (Lipinski definition) is 1. The summed E-state index contributed by atoms with van der Waals surface area (Å²) >= 11 is 0. The molecule has 1 aromatic carbocycles. The lowest BCUT2D eigenvalue weighted by atomic mass is 9.83. The van der Waals surface area contributed by atoms with Gasteiger partial charge < -0.3 is 15.1 Å². The van der Waals surface area contributed by atoms with E-state index in [2.05, 4.69) is 5.32 Å². The summed E-state index contributed by atoms with van der Waals surface area (Å²) in [6, 6.07) is 4.23. The van der Waals surface area contributed by atoms with Crippen LogP contribution in [0.2, 0.25) is 0 Å². The summed E-state index contributed by atoms with van der Waals surface area (Å²) in [4.78, 5) is 28.4. The molecule has 142 valence electrons. The van der Waals surface area contributed by atoms with Crippen molar-refractivity contribution in [3.05, 3.63) is 35.4 Å². The first-order valence-corrected chi connectivity index (χ1v) is 8.71. The number of alkyl halides is 3. The second kappa shape index (κ2) is 7.26. The van der Waals surface area contributed by atoms with Crippen molar-refractivity contribution in [1.82, 2.24) is 15.1 Å². The smallest absolute Gasteiger partial charge is 0.340 e. The van der Waals surface area contributed by atoms with Crippen molar-refractivity contribution in [2.45, 2.75) is 25.1 Å². The Morgan fingerprint density at radius 1 is 1.15 bits per heavy atom. The Bertz CT molecular complexity index is 669. The number of halogens is 3. The molecule has 2 saturated heterocycles. The molecular weight excluding hydrogens is 347 g/mol. The zero-order valence-electron chi connectivity index (χ0n) is 14.6. The van der Waals surface area contributed by atoms with Crippen molar-refractivity contribution in [3.63, 3.8) is 0 Å². The highest BCUT2D eigenvalue weighted by atomic mass is 19.4. The standard InChI is InChI=1S/C18H22F3N3O2/c1-23-15(25)7-6-14(17(26)24-10-8-22-9-11-24)16(23)12-2-4-13(5-3-12)18(19,20)21/h2-5,14,16,22H,6-11H2,1H3/t14-,16-/m0/s1. The van der Waals surface area contributed by atoms with Gasteiger partial charge in [-0.05, 0) is 24.1 Å². The highest BCUT2D eigenvalue weighted by molar-refractivity contribution is 5.85. The van der Waals surface area contributed by atoms with Gasteiger partial charge in [0.2, 0.25) is 11.8 Å². The lowest BCUT2D eigenvalue weighted by molar-refractivity contribution is -0.147. The zero-order chi connectivity index (χ0) is 18.9. The molecule has 0 bridgehead atoms. The first kappa shape index (κ1) is 18.7. The average molecular weight is 369 g/mol. The maximum Gasteiger partial charge on any atom is 0.416 e. The summed E-state index contributed by atoms with van der Waals surface area (Å²) in [5.74, 6) is -0.567. The third kappa shape index (κ3) is 3.70. The van der Waals surface area contributed by atoms with E-state index < -0.39 is 23.7 Å². The molecule has 0 aromatic heterocycles. The maximum absolute atomic E-state index is 13.0. The van der Waals surface area contributed by atoms with Gasteiger partial charge in [-0.2, -0.15) is 13.2 Å². The third-order valence-corrected chi connectivity index (χ3v) is 5.19. The van der Waals surface area contributed by atoms with Crippen molar-refractivity contribution in [1.29, 1.82) is 0 Å². The predicted molar refractivity (Wildman–Crippen MR) is 89.1 cm³/mol. The number of nitrogens with zero attached hydrogens (tertiary/aromatic N) is 2. The molecule has 0 saturated carbocycles. The van der Waals surface area contributed by atoms with Gasteiger partial charge in [-0.3, -0.25) is 9.59 Å². The number of piperazine rings is 1. The fourth-order valence-electron chi connectivity index (χ4n) is 3.74. The lowest BCUT2D eigenvalue weighted by Gasteiger charge is -2.41. The van der Waals surface area contributed by atoms with E-state index in [9.17, 15) is 22.8 Å². The van der Waals surface area contributed by atoms with Gasteiger partial charge in [0.1, 0.15) is 0 Å². The van der Waals surface area contributed by atoms with Crippen molar-refractivity contribution < 1.29 is 22.8 Å². The van der Waals surface area contributed by atoms with E-state index in [0.717, 1.165) is 25.2 Å². The Hall–Kier alpha value is -2.09. The number of benzene rings is 1. The monoisotopic (exact) mass is 369 g/mol. The van der Waals surface area contributed by atoms with Crippen LogP contribution in [-0.4, -0.2) is 54.8 Å². The zero-order valence-corrected chi connectivity index (χ0v) is 14.6. The molecule has 0 aliphatic carbocycles. The molecule has 0 unspecified atom stereocenters. The molecule has 26 heavy (non-hydrogen) atoms. The minimum Gasteiger partial charge on any atom is -0.340 e. The normalized spacial score (nSPS) is 24.7. The van der Waals surface area contributed by atoms with E-state index in [1.165, 1.54) is 17.0 Å². The summed E-state index contributed by atoms with van der Waals surface area (Å²) in [6.07, 6.45) is -3.73. The average Bonchev–Trinajstić information content (AvgIpc) is 2.63. The molecular formula is C18H22F3N3O2. The predicted octanol–water partition coefficient (Wildman–Crippen LogP) is 2.05. The van der Waals surface area contributed by atoms with Gasteiger partial charge in [0.25, 0.3) is 0 Å². The van der Waals surface area contributed by atoms with E-state index in [-0.39, 0.29) is 18.2 Å². The topological polar surface area (TPSA) is 52.7 Å². The van der Waals surface area contributed by atoms with Crippen LogP contribution in [0, 0.1) is 5.92 Å². The number of piperidine rings is 1. The van der Waals surface area contributed by atoms with Crippen LogP contribution in [-0.2, 0) is 15.8 Å². The lowest BCUT2D eigenvalue weighted by Crippen LogP contribution is -2.52. The van der Waals surface area contributed by atoms with Gasteiger partial charge >= 0.3 is 6.18 Å². The van der Waals surface area contributed by atoms with Gasteiger partial charge in [0.15, 0.2) is 0 Å². The number of rotatable bonds is 2. The highest BCUT2D eigenvalue weighted by Gasteiger charge is 2.41. The van der Waals surface area contributed by atoms with E-state index >= 15 is 0 Å². The van der Waals surface area contributed by atoms with Gasteiger partial charge in [-0.25, -0.2) is 0 Å². The molecule has 2 aliphatic rings. The summed E-state index contributed by atoms with van der Waals surface area (Å²) in [6.45, 7) is 2.65. The molecule has 2 atom stereocenters. The Morgan fingerprint density at radius 2 is 1.77 bits per heavy atom. The van der Waals surface area contributed by atoms with Gasteiger partial charge in [-0.15, -0.1) is 0 Å². The Kier molecular flexibility index (Phi) is 5.22. The first-order chi connectivity index (χ1) is 12.3. The molecule has 2 aliphatic heterocycles. The van der Waals surface area contributed by atoms with E-state index in [4.69, 9.17) is 0 Å². The Morgan fingerprint density at radius 3 is 2.35 bits per heavy atom. The molecule has 1 N–H and O–H groups in total. The van der Waals surface area contributed by atoms with Crippen molar-refractivity contribution >= 4 is 11.8 Å². The molecule has 5 nitrogen and oxygen atoms in total. The van der Waals surface area contributed by atoms with Crippen LogP contribution in [0.25, 0.3) is 0 Å². The van der Waals surface area contributed by atoms with Crippen LogP contribution in [0.4, 0.5) is 13.2 Å². The number of carbonyl (C=O) groups is 2. The van der Waals surface area contributed by atoms with Crippen molar-refractivity contribution in [3.8, 4) is 0 Å². The highest BCUT2D eigenvalue weighted by Crippen LogP contribution is 2.38. The number of amides is 2. The van der Waals surface area contributed by atoms with Crippen LogP contribution in [0.15, 0.2) is 24.3 Å². The number of carbonyl (C=O) groups excluding carboxylic acids is 2. The van der Waals surface area contributed by atoms with E-state index in [1.54, 1.807) is 11.9 Å². The molecule has 2 heterocycles.